The molecule has 8 heteroatoms. The van der Waals surface area contributed by atoms with Crippen molar-refractivity contribution in [3.8, 4) is 5.75 Å². The number of para-hydroxylation sites is 1. The molecule has 0 saturated carbocycles. The van der Waals surface area contributed by atoms with Gasteiger partial charge in [0.15, 0.2) is 0 Å². The molecule has 1 amide bonds. The summed E-state index contributed by atoms with van der Waals surface area (Å²) in [6.07, 6.45) is 1.91. The predicted octanol–water partition coefficient (Wildman–Crippen LogP) is 3.07. The number of carbonyl (C=O) groups is 1. The van der Waals surface area contributed by atoms with Crippen molar-refractivity contribution in [1.29, 1.82) is 0 Å². The number of nitrogens with zero attached hydrogens (tertiary/aromatic N) is 1. The minimum absolute atomic E-state index is 0.112. The summed E-state index contributed by atoms with van der Waals surface area (Å²) in [5.74, 6) is 0.198. The first-order valence-electron chi connectivity index (χ1n) is 8.00. The van der Waals surface area contributed by atoms with Crippen LogP contribution in [0.25, 0.3) is 0 Å². The highest BCUT2D eigenvalue weighted by Crippen LogP contribution is 2.24. The number of benzene rings is 2. The van der Waals surface area contributed by atoms with Crippen molar-refractivity contribution in [2.24, 2.45) is 0 Å². The van der Waals surface area contributed by atoms with Crippen LogP contribution in [0.3, 0.4) is 0 Å². The van der Waals surface area contributed by atoms with Crippen LogP contribution >= 0.6 is 11.8 Å². The lowest BCUT2D eigenvalue weighted by atomic mass is 10.3. The number of thioether (sulfide) groups is 1. The lowest BCUT2D eigenvalue weighted by Gasteiger charge is -2.17. The van der Waals surface area contributed by atoms with E-state index in [-0.39, 0.29) is 11.4 Å². The first-order valence-corrected chi connectivity index (χ1v) is 10.7. The Balaban J connectivity index is 2.07. The van der Waals surface area contributed by atoms with Gasteiger partial charge in [0, 0.05) is 11.9 Å². The monoisotopic (exact) mass is 394 g/mol. The molecule has 0 heterocycles. The van der Waals surface area contributed by atoms with Gasteiger partial charge in [-0.05, 0) is 49.6 Å². The fourth-order valence-corrected chi connectivity index (χ4v) is 3.96. The van der Waals surface area contributed by atoms with Crippen molar-refractivity contribution in [2.45, 2.75) is 16.7 Å². The Hall–Kier alpha value is -2.03. The minimum Gasteiger partial charge on any atom is -0.494 e. The molecule has 0 spiro atoms. The van der Waals surface area contributed by atoms with Crippen LogP contribution in [0.1, 0.15) is 6.92 Å². The van der Waals surface area contributed by atoms with E-state index in [1.807, 2.05) is 31.4 Å². The Labute approximate surface area is 158 Å². The molecule has 0 aliphatic carbocycles. The maximum Gasteiger partial charge on any atom is 0.243 e. The standard InChI is InChI=1S/C18H22N2O4S2/c1-4-24-14-9-11-15(12-10-14)26(22,23)20(2)13-18(21)19-16-7-5-6-8-17(16)25-3/h5-12H,4,13H2,1-3H3,(H,19,21). The molecule has 26 heavy (non-hydrogen) atoms. The van der Waals surface area contributed by atoms with Gasteiger partial charge in [0.2, 0.25) is 15.9 Å². The Morgan fingerprint density at radius 3 is 2.42 bits per heavy atom. The summed E-state index contributed by atoms with van der Waals surface area (Å²) in [5.41, 5.74) is 0.664. The van der Waals surface area contributed by atoms with Gasteiger partial charge in [-0.1, -0.05) is 12.1 Å². The molecule has 0 bridgehead atoms. The smallest absolute Gasteiger partial charge is 0.243 e. The first-order chi connectivity index (χ1) is 12.4. The van der Waals surface area contributed by atoms with E-state index in [9.17, 15) is 13.2 Å². The van der Waals surface area contributed by atoms with Gasteiger partial charge < -0.3 is 10.1 Å². The highest BCUT2D eigenvalue weighted by molar-refractivity contribution is 7.98. The van der Waals surface area contributed by atoms with Crippen molar-refractivity contribution in [3.63, 3.8) is 0 Å². The van der Waals surface area contributed by atoms with Crippen molar-refractivity contribution in [1.82, 2.24) is 4.31 Å². The van der Waals surface area contributed by atoms with Crippen LogP contribution in [0.5, 0.6) is 5.75 Å². The molecular formula is C18H22N2O4S2. The zero-order valence-electron chi connectivity index (χ0n) is 14.9. The van der Waals surface area contributed by atoms with Gasteiger partial charge in [0.1, 0.15) is 5.75 Å². The molecule has 0 atom stereocenters. The molecule has 2 rings (SSSR count). The third-order valence-corrected chi connectivity index (χ3v) is 6.20. The minimum atomic E-state index is -3.76. The second-order valence-electron chi connectivity index (χ2n) is 5.41. The second kappa shape index (κ2) is 9.07. The molecule has 6 nitrogen and oxygen atoms in total. The summed E-state index contributed by atoms with van der Waals surface area (Å²) in [6.45, 7) is 2.08. The van der Waals surface area contributed by atoms with E-state index in [0.717, 1.165) is 9.20 Å². The summed E-state index contributed by atoms with van der Waals surface area (Å²) in [6, 6.07) is 13.5. The maximum absolute atomic E-state index is 12.6. The van der Waals surface area contributed by atoms with Gasteiger partial charge >= 0.3 is 0 Å². The molecule has 0 saturated heterocycles. The first kappa shape index (κ1) is 20.3. The van der Waals surface area contributed by atoms with Gasteiger partial charge in [-0.2, -0.15) is 4.31 Å². The number of ether oxygens (including phenoxy) is 1. The SMILES string of the molecule is CCOc1ccc(S(=O)(=O)N(C)CC(=O)Nc2ccccc2SC)cc1. The molecule has 0 radical (unpaired) electrons. The number of hydrogen-bond donors (Lipinski definition) is 1. The van der Waals surface area contributed by atoms with Crippen LogP contribution in [0, 0.1) is 0 Å². The van der Waals surface area contributed by atoms with Crippen LogP contribution in [-0.4, -0.2) is 45.1 Å². The topological polar surface area (TPSA) is 75.7 Å². The van der Waals surface area contributed by atoms with Crippen molar-refractivity contribution in [3.05, 3.63) is 48.5 Å². The second-order valence-corrected chi connectivity index (χ2v) is 8.31. The van der Waals surface area contributed by atoms with Gasteiger partial charge in [0.05, 0.1) is 23.7 Å². The Kier molecular flexibility index (Phi) is 7.07. The number of sulfonamides is 1. The van der Waals surface area contributed by atoms with E-state index in [0.29, 0.717) is 18.0 Å². The molecular weight excluding hydrogens is 372 g/mol. The fourth-order valence-electron chi connectivity index (χ4n) is 2.28. The summed E-state index contributed by atoms with van der Waals surface area (Å²) < 4.78 is 31.6. The molecule has 0 fully saturated rings. The quantitative estimate of drug-likeness (QED) is 0.697. The average Bonchev–Trinajstić information content (AvgIpc) is 2.62. The van der Waals surface area contributed by atoms with Gasteiger partial charge in [-0.15, -0.1) is 11.8 Å². The van der Waals surface area contributed by atoms with E-state index in [4.69, 9.17) is 4.74 Å². The number of anilines is 1. The Morgan fingerprint density at radius 1 is 1.15 bits per heavy atom. The molecule has 2 aromatic carbocycles. The predicted molar refractivity (Wildman–Crippen MR) is 104 cm³/mol. The number of carbonyl (C=O) groups excluding carboxylic acids is 1. The van der Waals surface area contributed by atoms with E-state index < -0.39 is 15.9 Å². The maximum atomic E-state index is 12.6. The van der Waals surface area contributed by atoms with E-state index in [2.05, 4.69) is 5.32 Å². The number of rotatable bonds is 8. The van der Waals surface area contributed by atoms with Crippen LogP contribution in [0.15, 0.2) is 58.3 Å². The van der Waals surface area contributed by atoms with Crippen molar-refractivity contribution in [2.75, 3.05) is 31.8 Å². The highest BCUT2D eigenvalue weighted by Gasteiger charge is 2.23. The zero-order chi connectivity index (χ0) is 19.2. The van der Waals surface area contributed by atoms with Crippen LogP contribution < -0.4 is 10.1 Å². The highest BCUT2D eigenvalue weighted by atomic mass is 32.2. The Bertz CT molecular complexity index is 852. The number of hydrogen-bond acceptors (Lipinski definition) is 5. The number of likely N-dealkylation sites (N-methyl/N-ethyl adjacent to an activating group) is 1. The lowest BCUT2D eigenvalue weighted by Crippen LogP contribution is -2.35. The normalized spacial score (nSPS) is 11.4. The number of amides is 1. The summed E-state index contributed by atoms with van der Waals surface area (Å²) in [5, 5.41) is 2.76. The summed E-state index contributed by atoms with van der Waals surface area (Å²) in [7, 11) is -2.38. The third-order valence-electron chi connectivity index (χ3n) is 3.59. The fraction of sp³-hybridized carbons (Fsp3) is 0.278. The van der Waals surface area contributed by atoms with Gasteiger partial charge in [-0.25, -0.2) is 8.42 Å². The third kappa shape index (κ3) is 5.00. The molecule has 1 N–H and O–H groups in total. The van der Waals surface area contributed by atoms with Gasteiger partial charge in [-0.3, -0.25) is 4.79 Å². The molecule has 140 valence electrons. The molecule has 0 aliphatic rings. The Morgan fingerprint density at radius 2 is 1.81 bits per heavy atom. The summed E-state index contributed by atoms with van der Waals surface area (Å²) >= 11 is 1.51. The lowest BCUT2D eigenvalue weighted by molar-refractivity contribution is -0.116. The van der Waals surface area contributed by atoms with Crippen LogP contribution in [-0.2, 0) is 14.8 Å². The average molecular weight is 395 g/mol. The van der Waals surface area contributed by atoms with Crippen molar-refractivity contribution >= 4 is 33.4 Å². The molecule has 0 aliphatic heterocycles. The molecule has 0 aromatic heterocycles. The van der Waals surface area contributed by atoms with E-state index >= 15 is 0 Å². The summed E-state index contributed by atoms with van der Waals surface area (Å²) in [4.78, 5) is 13.3. The van der Waals surface area contributed by atoms with Gasteiger partial charge in [0.25, 0.3) is 0 Å². The van der Waals surface area contributed by atoms with Crippen molar-refractivity contribution < 1.29 is 17.9 Å². The van der Waals surface area contributed by atoms with E-state index in [1.165, 1.54) is 30.9 Å². The zero-order valence-corrected chi connectivity index (χ0v) is 16.6. The van der Waals surface area contributed by atoms with E-state index in [1.54, 1.807) is 18.2 Å². The van der Waals surface area contributed by atoms with Crippen LogP contribution in [0.4, 0.5) is 5.69 Å². The largest absolute Gasteiger partial charge is 0.494 e. The van der Waals surface area contributed by atoms with Crippen LogP contribution in [0.2, 0.25) is 0 Å². The number of nitrogens with one attached hydrogen (secondary N) is 1. The molecule has 2 aromatic rings. The molecule has 0 unspecified atom stereocenters.